The highest BCUT2D eigenvalue weighted by molar-refractivity contribution is 5.86. The molecule has 0 aliphatic carbocycles. The van der Waals surface area contributed by atoms with Crippen LogP contribution in [-0.4, -0.2) is 59.3 Å². The highest BCUT2D eigenvalue weighted by atomic mass is 35.5. The monoisotopic (exact) mass is 418 g/mol. The van der Waals surface area contributed by atoms with Crippen LogP contribution in [0.15, 0.2) is 24.4 Å². The molecule has 0 bridgehead atoms. The Bertz CT molecular complexity index is 759. The molecule has 6 nitrogen and oxygen atoms in total. The van der Waals surface area contributed by atoms with Crippen LogP contribution in [0.3, 0.4) is 0 Å². The molecular formula is C17H25Cl3N6. The van der Waals surface area contributed by atoms with Gasteiger partial charge in [0.2, 0.25) is 0 Å². The van der Waals surface area contributed by atoms with E-state index in [2.05, 4.69) is 39.3 Å². The quantitative estimate of drug-likeness (QED) is 0.769. The zero-order chi connectivity index (χ0) is 15.8. The molecule has 144 valence electrons. The molecule has 4 heterocycles. The van der Waals surface area contributed by atoms with Gasteiger partial charge in [-0.3, -0.25) is 4.90 Å². The molecule has 2 atom stereocenters. The lowest BCUT2D eigenvalue weighted by atomic mass is 10.0. The van der Waals surface area contributed by atoms with E-state index in [0.29, 0.717) is 17.8 Å². The number of hydrogen-bond donors (Lipinski definition) is 1. The number of nitrogens with zero attached hydrogens (tertiary/aromatic N) is 5. The summed E-state index contributed by atoms with van der Waals surface area (Å²) in [5.74, 6) is 0. The smallest absolute Gasteiger partial charge is 0.142 e. The summed E-state index contributed by atoms with van der Waals surface area (Å²) in [6.07, 6.45) is 2.96. The van der Waals surface area contributed by atoms with Gasteiger partial charge >= 0.3 is 0 Å². The summed E-state index contributed by atoms with van der Waals surface area (Å²) in [4.78, 5) is 5.11. The SMILES string of the molecule is C[C@@H]1CN(c2ccc(C#N)n3nccc23)C[C@@H]2CCNCCN21.Cl.Cl.Cl. The molecule has 0 unspecified atom stereocenters. The molecule has 0 saturated carbocycles. The Morgan fingerprint density at radius 3 is 2.73 bits per heavy atom. The molecule has 2 saturated heterocycles. The van der Waals surface area contributed by atoms with Gasteiger partial charge in [0.05, 0.1) is 17.4 Å². The van der Waals surface area contributed by atoms with Crippen LogP contribution >= 0.6 is 37.2 Å². The standard InChI is InChI=1S/C17H22N6.3ClH/c1-13-11-21(12-15-4-6-19-8-9-22(13)15)16-3-2-14(10-18)23-17(16)5-7-20-23;;;/h2-3,5,7,13,15,19H,4,6,8-9,11-12H2,1H3;3*1H/t13-,15+;;;/m1.../s1. The molecule has 2 aliphatic heterocycles. The van der Waals surface area contributed by atoms with Gasteiger partial charge < -0.3 is 10.2 Å². The molecule has 2 aromatic rings. The second-order valence-electron chi connectivity index (χ2n) is 6.53. The van der Waals surface area contributed by atoms with E-state index in [1.165, 1.54) is 12.1 Å². The summed E-state index contributed by atoms with van der Waals surface area (Å²) in [6.45, 7) is 7.70. The summed E-state index contributed by atoms with van der Waals surface area (Å²) in [5.41, 5.74) is 2.79. The molecule has 0 amide bonds. The van der Waals surface area contributed by atoms with Gasteiger partial charge in [-0.15, -0.1) is 37.2 Å². The van der Waals surface area contributed by atoms with E-state index in [0.717, 1.165) is 38.2 Å². The van der Waals surface area contributed by atoms with Crippen LogP contribution in [0.4, 0.5) is 5.69 Å². The Kier molecular flexibility index (Phi) is 8.45. The Balaban J connectivity index is 0.00000113. The lowest BCUT2D eigenvalue weighted by Gasteiger charge is -2.46. The van der Waals surface area contributed by atoms with Crippen molar-refractivity contribution in [2.24, 2.45) is 0 Å². The van der Waals surface area contributed by atoms with Gasteiger partial charge in [0.1, 0.15) is 11.8 Å². The van der Waals surface area contributed by atoms with Crippen molar-refractivity contribution in [2.75, 3.05) is 37.6 Å². The second-order valence-corrected chi connectivity index (χ2v) is 6.53. The van der Waals surface area contributed by atoms with Crippen LogP contribution in [0.2, 0.25) is 0 Å². The number of fused-ring (bicyclic) bond motifs is 2. The summed E-state index contributed by atoms with van der Waals surface area (Å²) < 4.78 is 1.75. The van der Waals surface area contributed by atoms with Crippen LogP contribution in [0, 0.1) is 11.3 Å². The zero-order valence-electron chi connectivity index (χ0n) is 14.7. The van der Waals surface area contributed by atoms with E-state index in [-0.39, 0.29) is 37.2 Å². The van der Waals surface area contributed by atoms with E-state index in [1.54, 1.807) is 10.7 Å². The molecule has 1 N–H and O–H groups in total. The van der Waals surface area contributed by atoms with Gasteiger partial charge in [-0.25, -0.2) is 4.52 Å². The molecule has 2 aromatic heterocycles. The maximum atomic E-state index is 9.24. The predicted octanol–water partition coefficient (Wildman–Crippen LogP) is 2.34. The average molecular weight is 420 g/mol. The summed E-state index contributed by atoms with van der Waals surface area (Å²) >= 11 is 0. The first-order valence-electron chi connectivity index (χ1n) is 8.36. The van der Waals surface area contributed by atoms with E-state index in [1.807, 2.05) is 12.1 Å². The molecule has 2 fully saturated rings. The molecule has 9 heteroatoms. The number of aromatic nitrogens is 2. The number of halogens is 3. The predicted molar refractivity (Wildman–Crippen MR) is 111 cm³/mol. The van der Waals surface area contributed by atoms with E-state index in [9.17, 15) is 5.26 Å². The number of hydrogen-bond acceptors (Lipinski definition) is 5. The number of piperazine rings is 1. The van der Waals surface area contributed by atoms with Crippen molar-refractivity contribution in [3.05, 3.63) is 30.1 Å². The van der Waals surface area contributed by atoms with E-state index >= 15 is 0 Å². The van der Waals surface area contributed by atoms with Crippen LogP contribution in [0.5, 0.6) is 0 Å². The fourth-order valence-electron chi connectivity index (χ4n) is 4.03. The van der Waals surface area contributed by atoms with Gasteiger partial charge in [-0.1, -0.05) is 0 Å². The molecule has 0 aromatic carbocycles. The normalized spacial score (nSPS) is 22.8. The maximum Gasteiger partial charge on any atom is 0.142 e. The average Bonchev–Trinajstić information content (AvgIpc) is 2.92. The Labute approximate surface area is 172 Å². The number of pyridine rings is 1. The topological polar surface area (TPSA) is 59.6 Å². The summed E-state index contributed by atoms with van der Waals surface area (Å²) in [6, 6.07) is 9.29. The van der Waals surface area contributed by atoms with Gasteiger partial charge in [0.25, 0.3) is 0 Å². The first-order valence-corrected chi connectivity index (χ1v) is 8.36. The number of rotatable bonds is 1. The van der Waals surface area contributed by atoms with Gasteiger partial charge in [-0.05, 0) is 38.1 Å². The van der Waals surface area contributed by atoms with Gasteiger partial charge in [0, 0.05) is 38.3 Å². The molecule has 0 radical (unpaired) electrons. The number of anilines is 1. The van der Waals surface area contributed by atoms with Crippen molar-refractivity contribution in [1.29, 1.82) is 5.26 Å². The van der Waals surface area contributed by atoms with Crippen LogP contribution < -0.4 is 10.2 Å². The minimum atomic E-state index is 0. The van der Waals surface area contributed by atoms with Crippen molar-refractivity contribution in [3.8, 4) is 6.07 Å². The lowest BCUT2D eigenvalue weighted by molar-refractivity contribution is 0.129. The first-order chi connectivity index (χ1) is 11.3. The van der Waals surface area contributed by atoms with Crippen molar-refractivity contribution in [2.45, 2.75) is 25.4 Å². The third kappa shape index (κ3) is 4.03. The van der Waals surface area contributed by atoms with E-state index in [4.69, 9.17) is 0 Å². The Hall–Kier alpha value is -1.23. The highest BCUT2D eigenvalue weighted by Gasteiger charge is 2.33. The fraction of sp³-hybridized carbons (Fsp3) is 0.529. The first kappa shape index (κ1) is 22.8. The van der Waals surface area contributed by atoms with Crippen molar-refractivity contribution in [1.82, 2.24) is 19.8 Å². The van der Waals surface area contributed by atoms with Crippen LogP contribution in [-0.2, 0) is 0 Å². The van der Waals surface area contributed by atoms with Gasteiger partial charge in [-0.2, -0.15) is 10.4 Å². The number of nitrogens with one attached hydrogen (secondary N) is 1. The van der Waals surface area contributed by atoms with Crippen molar-refractivity contribution in [3.63, 3.8) is 0 Å². The van der Waals surface area contributed by atoms with Crippen LogP contribution in [0.1, 0.15) is 19.0 Å². The van der Waals surface area contributed by atoms with Crippen molar-refractivity contribution < 1.29 is 0 Å². The molecule has 26 heavy (non-hydrogen) atoms. The highest BCUT2D eigenvalue weighted by Crippen LogP contribution is 2.28. The fourth-order valence-corrected chi connectivity index (χ4v) is 4.03. The molecule has 0 spiro atoms. The zero-order valence-corrected chi connectivity index (χ0v) is 17.1. The largest absolute Gasteiger partial charge is 0.367 e. The third-order valence-corrected chi connectivity index (χ3v) is 5.14. The van der Waals surface area contributed by atoms with Crippen molar-refractivity contribution >= 4 is 48.4 Å². The minimum absolute atomic E-state index is 0. The Morgan fingerprint density at radius 1 is 1.15 bits per heavy atom. The lowest BCUT2D eigenvalue weighted by Crippen LogP contribution is -2.58. The third-order valence-electron chi connectivity index (χ3n) is 5.14. The maximum absolute atomic E-state index is 9.24. The van der Waals surface area contributed by atoms with Gasteiger partial charge in [0.15, 0.2) is 0 Å². The summed E-state index contributed by atoms with van der Waals surface area (Å²) in [5, 5.41) is 17.1. The molecular weight excluding hydrogens is 395 g/mol. The minimum Gasteiger partial charge on any atom is -0.367 e. The molecule has 4 rings (SSSR count). The second kappa shape index (κ2) is 9.63. The summed E-state index contributed by atoms with van der Waals surface area (Å²) in [7, 11) is 0. The van der Waals surface area contributed by atoms with E-state index < -0.39 is 0 Å². The Morgan fingerprint density at radius 2 is 1.96 bits per heavy atom. The molecule has 2 aliphatic rings. The van der Waals surface area contributed by atoms with Crippen LogP contribution in [0.25, 0.3) is 5.52 Å². The number of nitriles is 1.